The fourth-order valence-electron chi connectivity index (χ4n) is 1.84. The van der Waals surface area contributed by atoms with E-state index in [0.717, 1.165) is 24.7 Å². The molecule has 1 aromatic carbocycles. The highest BCUT2D eigenvalue weighted by molar-refractivity contribution is 5.54. The van der Waals surface area contributed by atoms with Crippen molar-refractivity contribution in [3.05, 3.63) is 29.6 Å². The van der Waals surface area contributed by atoms with Crippen molar-refractivity contribution in [1.82, 2.24) is 0 Å². The van der Waals surface area contributed by atoms with E-state index in [1.165, 1.54) is 12.1 Å². The molecule has 1 aliphatic rings. The van der Waals surface area contributed by atoms with Crippen LogP contribution in [0.15, 0.2) is 18.2 Å². The smallest absolute Gasteiger partial charge is 0.126 e. The second kappa shape index (κ2) is 4.01. The zero-order valence-electron chi connectivity index (χ0n) is 8.57. The number of benzene rings is 1. The molecule has 3 heteroatoms. The van der Waals surface area contributed by atoms with E-state index >= 15 is 0 Å². The van der Waals surface area contributed by atoms with E-state index in [9.17, 15) is 9.18 Å². The van der Waals surface area contributed by atoms with Crippen molar-refractivity contribution in [3.63, 3.8) is 0 Å². The van der Waals surface area contributed by atoms with Crippen LogP contribution in [0.3, 0.4) is 0 Å². The van der Waals surface area contributed by atoms with Crippen LogP contribution < -0.4 is 4.74 Å². The Bertz CT molecular complexity index is 376. The summed E-state index contributed by atoms with van der Waals surface area (Å²) in [5.41, 5.74) is 0.893. The van der Waals surface area contributed by atoms with Crippen LogP contribution in [-0.2, 0) is 11.2 Å². The number of hydrogen-bond donors (Lipinski definition) is 0. The van der Waals surface area contributed by atoms with Crippen LogP contribution in [0, 0.1) is 11.7 Å². The van der Waals surface area contributed by atoms with Gasteiger partial charge in [0, 0.05) is 5.92 Å². The van der Waals surface area contributed by atoms with Gasteiger partial charge in [0.15, 0.2) is 0 Å². The molecule has 2 unspecified atom stereocenters. The minimum Gasteiger partial charge on any atom is -0.489 e. The summed E-state index contributed by atoms with van der Waals surface area (Å²) in [6, 6.07) is 4.51. The molecule has 15 heavy (non-hydrogen) atoms. The van der Waals surface area contributed by atoms with Crippen molar-refractivity contribution >= 4 is 6.29 Å². The van der Waals surface area contributed by atoms with Gasteiger partial charge in [-0.05, 0) is 36.6 Å². The van der Waals surface area contributed by atoms with Gasteiger partial charge in [-0.25, -0.2) is 4.39 Å². The average molecular weight is 208 g/mol. The predicted octanol–water partition coefficient (Wildman–Crippen LogP) is 2.35. The fourth-order valence-corrected chi connectivity index (χ4v) is 1.84. The summed E-state index contributed by atoms with van der Waals surface area (Å²) in [7, 11) is 0. The predicted molar refractivity (Wildman–Crippen MR) is 54.4 cm³/mol. The highest BCUT2D eigenvalue weighted by Gasteiger charge is 2.24. The van der Waals surface area contributed by atoms with Crippen molar-refractivity contribution in [2.75, 3.05) is 0 Å². The maximum atomic E-state index is 12.9. The van der Waals surface area contributed by atoms with E-state index in [-0.39, 0.29) is 17.8 Å². The Labute approximate surface area is 88.1 Å². The number of carbonyl (C=O) groups is 1. The summed E-state index contributed by atoms with van der Waals surface area (Å²) >= 11 is 0. The van der Waals surface area contributed by atoms with Crippen LogP contribution in [-0.4, -0.2) is 12.4 Å². The lowest BCUT2D eigenvalue weighted by Crippen LogP contribution is -2.30. The highest BCUT2D eigenvalue weighted by Crippen LogP contribution is 2.30. The molecule has 0 bridgehead atoms. The van der Waals surface area contributed by atoms with Gasteiger partial charge in [-0.1, -0.05) is 6.92 Å². The molecule has 1 aromatic rings. The van der Waals surface area contributed by atoms with E-state index < -0.39 is 0 Å². The van der Waals surface area contributed by atoms with E-state index in [4.69, 9.17) is 4.74 Å². The zero-order chi connectivity index (χ0) is 10.8. The fraction of sp³-hybridized carbons (Fsp3) is 0.417. The summed E-state index contributed by atoms with van der Waals surface area (Å²) in [5.74, 6) is 0.365. The molecule has 0 aromatic heterocycles. The summed E-state index contributed by atoms with van der Waals surface area (Å²) in [5, 5.41) is 0. The lowest BCUT2D eigenvalue weighted by atomic mass is 9.95. The molecule has 0 saturated carbocycles. The average Bonchev–Trinajstić information content (AvgIpc) is 2.27. The summed E-state index contributed by atoms with van der Waals surface area (Å²) in [6.45, 7) is 1.84. The number of hydrogen-bond acceptors (Lipinski definition) is 2. The largest absolute Gasteiger partial charge is 0.489 e. The Kier molecular flexibility index (Phi) is 2.71. The van der Waals surface area contributed by atoms with E-state index in [1.807, 2.05) is 6.92 Å². The van der Waals surface area contributed by atoms with Crippen LogP contribution in [0.5, 0.6) is 5.75 Å². The molecule has 0 radical (unpaired) electrons. The number of fused-ring (bicyclic) bond motifs is 1. The molecule has 0 saturated heterocycles. The lowest BCUT2D eigenvalue weighted by Gasteiger charge is -2.28. The Morgan fingerprint density at radius 3 is 3.13 bits per heavy atom. The highest BCUT2D eigenvalue weighted by atomic mass is 19.1. The molecule has 2 rings (SSSR count). The standard InChI is InChI=1S/C12H13FO2/c1-8(7-14)11-4-2-9-6-10(13)3-5-12(9)15-11/h3,5-8,11H,2,4H2,1H3. The first-order chi connectivity index (χ1) is 7.20. The van der Waals surface area contributed by atoms with E-state index in [0.29, 0.717) is 5.75 Å². The van der Waals surface area contributed by atoms with Crippen molar-refractivity contribution in [2.45, 2.75) is 25.9 Å². The second-order valence-electron chi connectivity index (χ2n) is 3.94. The van der Waals surface area contributed by atoms with Gasteiger partial charge in [-0.3, -0.25) is 0 Å². The normalized spacial score (nSPS) is 21.3. The molecule has 0 fully saturated rings. The number of aryl methyl sites for hydroxylation is 1. The first kappa shape index (κ1) is 10.1. The minimum absolute atomic E-state index is 0.0690. The molecule has 0 spiro atoms. The van der Waals surface area contributed by atoms with Crippen LogP contribution in [0.2, 0.25) is 0 Å². The molecular weight excluding hydrogens is 195 g/mol. The number of carbonyl (C=O) groups excluding carboxylic acids is 1. The van der Waals surface area contributed by atoms with Crippen molar-refractivity contribution in [3.8, 4) is 5.75 Å². The first-order valence-electron chi connectivity index (χ1n) is 5.11. The zero-order valence-corrected chi connectivity index (χ0v) is 8.57. The quantitative estimate of drug-likeness (QED) is 0.697. The summed E-state index contributed by atoms with van der Waals surface area (Å²) < 4.78 is 18.5. The molecule has 0 amide bonds. The summed E-state index contributed by atoms with van der Waals surface area (Å²) in [4.78, 5) is 10.6. The van der Waals surface area contributed by atoms with E-state index in [1.54, 1.807) is 6.07 Å². The van der Waals surface area contributed by atoms with Crippen LogP contribution in [0.25, 0.3) is 0 Å². The first-order valence-corrected chi connectivity index (χ1v) is 5.11. The number of aldehydes is 1. The third kappa shape index (κ3) is 2.01. The van der Waals surface area contributed by atoms with Gasteiger partial charge in [-0.15, -0.1) is 0 Å². The molecular formula is C12H13FO2. The van der Waals surface area contributed by atoms with Gasteiger partial charge in [-0.2, -0.15) is 0 Å². The van der Waals surface area contributed by atoms with E-state index in [2.05, 4.69) is 0 Å². The Morgan fingerprint density at radius 2 is 2.40 bits per heavy atom. The molecule has 0 N–H and O–H groups in total. The number of ether oxygens (including phenoxy) is 1. The number of halogens is 1. The van der Waals surface area contributed by atoms with Gasteiger partial charge in [0.2, 0.25) is 0 Å². The molecule has 2 atom stereocenters. The van der Waals surface area contributed by atoms with Crippen molar-refractivity contribution in [1.29, 1.82) is 0 Å². The van der Waals surface area contributed by atoms with Crippen molar-refractivity contribution in [2.24, 2.45) is 5.92 Å². The van der Waals surface area contributed by atoms with Crippen LogP contribution >= 0.6 is 0 Å². The van der Waals surface area contributed by atoms with Gasteiger partial charge in [0.05, 0.1) is 0 Å². The number of rotatable bonds is 2. The van der Waals surface area contributed by atoms with Gasteiger partial charge < -0.3 is 9.53 Å². The van der Waals surface area contributed by atoms with Gasteiger partial charge >= 0.3 is 0 Å². The maximum Gasteiger partial charge on any atom is 0.126 e. The molecule has 80 valence electrons. The third-order valence-electron chi connectivity index (χ3n) is 2.80. The summed E-state index contributed by atoms with van der Waals surface area (Å²) in [6.07, 6.45) is 2.38. The molecule has 1 heterocycles. The Balaban J connectivity index is 2.20. The lowest BCUT2D eigenvalue weighted by molar-refractivity contribution is -0.113. The minimum atomic E-state index is -0.237. The molecule has 2 nitrogen and oxygen atoms in total. The van der Waals surface area contributed by atoms with Gasteiger partial charge in [0.25, 0.3) is 0 Å². The third-order valence-corrected chi connectivity index (χ3v) is 2.80. The topological polar surface area (TPSA) is 26.3 Å². The Morgan fingerprint density at radius 1 is 1.60 bits per heavy atom. The second-order valence-corrected chi connectivity index (χ2v) is 3.94. The SMILES string of the molecule is CC(C=O)C1CCc2cc(F)ccc2O1. The molecule has 0 aliphatic carbocycles. The maximum absolute atomic E-state index is 12.9. The monoisotopic (exact) mass is 208 g/mol. The van der Waals surface area contributed by atoms with Crippen LogP contribution in [0.4, 0.5) is 4.39 Å². The Hall–Kier alpha value is -1.38. The van der Waals surface area contributed by atoms with Crippen molar-refractivity contribution < 1.29 is 13.9 Å². The molecule has 1 aliphatic heterocycles. The van der Waals surface area contributed by atoms with Crippen LogP contribution in [0.1, 0.15) is 18.9 Å². The van der Waals surface area contributed by atoms with Gasteiger partial charge in [0.1, 0.15) is 24.0 Å².